The van der Waals surface area contributed by atoms with Gasteiger partial charge >= 0.3 is 0 Å². The Bertz CT molecular complexity index is 490. The Kier molecular flexibility index (Phi) is 4.44. The van der Waals surface area contributed by atoms with Gasteiger partial charge in [-0.15, -0.1) is 11.8 Å². The molecule has 2 aromatic rings. The van der Waals surface area contributed by atoms with Crippen LogP contribution >= 0.6 is 11.8 Å². The Morgan fingerprint density at radius 3 is 2.61 bits per heavy atom. The van der Waals surface area contributed by atoms with Gasteiger partial charge in [-0.05, 0) is 31.7 Å². The van der Waals surface area contributed by atoms with Crippen LogP contribution in [0.3, 0.4) is 0 Å². The lowest BCUT2D eigenvalue weighted by atomic mass is 10.1. The van der Waals surface area contributed by atoms with Gasteiger partial charge in [0.2, 0.25) is 0 Å². The zero-order valence-electron chi connectivity index (χ0n) is 11.1. The summed E-state index contributed by atoms with van der Waals surface area (Å²) in [6, 6.07) is 9.15. The Labute approximate surface area is 113 Å². The van der Waals surface area contributed by atoms with Crippen molar-refractivity contribution in [3.8, 4) is 0 Å². The molecule has 0 bridgehead atoms. The van der Waals surface area contributed by atoms with Crippen LogP contribution in [0.15, 0.2) is 41.6 Å². The average molecular weight is 261 g/mol. The van der Waals surface area contributed by atoms with Gasteiger partial charge < -0.3 is 5.32 Å². The summed E-state index contributed by atoms with van der Waals surface area (Å²) in [6.45, 7) is 2.16. The summed E-state index contributed by atoms with van der Waals surface area (Å²) in [5.74, 6) is 0.967. The lowest BCUT2D eigenvalue weighted by Crippen LogP contribution is -2.11. The summed E-state index contributed by atoms with van der Waals surface area (Å²) in [4.78, 5) is 1.30. The summed E-state index contributed by atoms with van der Waals surface area (Å²) in [7, 11) is 3.93. The maximum atomic E-state index is 4.17. The molecule has 0 aliphatic rings. The van der Waals surface area contributed by atoms with E-state index in [1.54, 1.807) is 0 Å². The monoisotopic (exact) mass is 261 g/mol. The molecule has 0 fully saturated rings. The minimum atomic E-state index is 0.405. The van der Waals surface area contributed by atoms with E-state index in [-0.39, 0.29) is 0 Å². The van der Waals surface area contributed by atoms with Gasteiger partial charge in [0, 0.05) is 35.5 Å². The fourth-order valence-corrected chi connectivity index (χ4v) is 2.54. The van der Waals surface area contributed by atoms with Crippen LogP contribution in [0.4, 0.5) is 0 Å². The van der Waals surface area contributed by atoms with Gasteiger partial charge in [-0.1, -0.05) is 12.1 Å². The Balaban J connectivity index is 1.94. The van der Waals surface area contributed by atoms with Gasteiger partial charge in [0.25, 0.3) is 0 Å². The summed E-state index contributed by atoms with van der Waals surface area (Å²) in [5.41, 5.74) is 2.58. The number of benzene rings is 1. The van der Waals surface area contributed by atoms with Crippen LogP contribution < -0.4 is 5.32 Å². The van der Waals surface area contributed by atoms with E-state index in [2.05, 4.69) is 47.8 Å². The molecule has 0 aliphatic carbocycles. The first-order valence-corrected chi connectivity index (χ1v) is 7.05. The number of hydrogen-bond donors (Lipinski definition) is 1. The molecule has 2 rings (SSSR count). The highest BCUT2D eigenvalue weighted by Gasteiger charge is 2.03. The number of hydrogen-bond acceptors (Lipinski definition) is 3. The van der Waals surface area contributed by atoms with Crippen molar-refractivity contribution in [2.45, 2.75) is 23.6 Å². The largest absolute Gasteiger partial charge is 0.313 e. The van der Waals surface area contributed by atoms with E-state index in [1.165, 1.54) is 16.0 Å². The minimum Gasteiger partial charge on any atom is -0.313 e. The van der Waals surface area contributed by atoms with Crippen LogP contribution in [0.5, 0.6) is 0 Å². The summed E-state index contributed by atoms with van der Waals surface area (Å²) in [6.07, 6.45) is 3.98. The molecule has 1 aromatic heterocycles. The second kappa shape index (κ2) is 6.07. The molecule has 0 saturated heterocycles. The first kappa shape index (κ1) is 13.2. The number of thioether (sulfide) groups is 1. The van der Waals surface area contributed by atoms with E-state index in [9.17, 15) is 0 Å². The van der Waals surface area contributed by atoms with E-state index in [4.69, 9.17) is 0 Å². The number of nitrogens with zero attached hydrogens (tertiary/aromatic N) is 2. The van der Waals surface area contributed by atoms with Crippen LogP contribution in [0.25, 0.3) is 0 Å². The third-order valence-electron chi connectivity index (χ3n) is 2.98. The third-order valence-corrected chi connectivity index (χ3v) is 4.06. The fraction of sp³-hybridized carbons (Fsp3) is 0.357. The molecule has 1 aromatic carbocycles. The number of aryl methyl sites for hydroxylation is 1. The lowest BCUT2D eigenvalue weighted by molar-refractivity contribution is 0.652. The van der Waals surface area contributed by atoms with E-state index < -0.39 is 0 Å². The second-order valence-corrected chi connectivity index (χ2v) is 5.44. The molecular formula is C14H19N3S. The Hall–Kier alpha value is -1.26. The number of aromatic nitrogens is 2. The summed E-state index contributed by atoms with van der Waals surface area (Å²) >= 11 is 1.84. The molecule has 3 nitrogen and oxygen atoms in total. The molecular weight excluding hydrogens is 242 g/mol. The van der Waals surface area contributed by atoms with Crippen LogP contribution in [0.1, 0.15) is 24.1 Å². The lowest BCUT2D eigenvalue weighted by Gasteiger charge is -2.10. The van der Waals surface area contributed by atoms with Gasteiger partial charge in [0.05, 0.1) is 6.20 Å². The maximum absolute atomic E-state index is 4.17. The zero-order valence-corrected chi connectivity index (χ0v) is 11.9. The first-order chi connectivity index (χ1) is 8.69. The number of nitrogens with one attached hydrogen (secondary N) is 1. The molecule has 1 unspecified atom stereocenters. The van der Waals surface area contributed by atoms with Crippen molar-refractivity contribution < 1.29 is 0 Å². The van der Waals surface area contributed by atoms with Gasteiger partial charge in [-0.2, -0.15) is 5.10 Å². The maximum Gasteiger partial charge on any atom is 0.0530 e. The van der Waals surface area contributed by atoms with Gasteiger partial charge in [-0.3, -0.25) is 4.68 Å². The zero-order chi connectivity index (χ0) is 13.0. The van der Waals surface area contributed by atoms with Crippen LogP contribution in [0.2, 0.25) is 0 Å². The molecule has 0 saturated carbocycles. The Morgan fingerprint density at radius 1 is 1.33 bits per heavy atom. The SMILES string of the molecule is CNC(C)c1ccc(SCc2cnn(C)c2)cc1. The highest BCUT2D eigenvalue weighted by atomic mass is 32.2. The molecule has 0 amide bonds. The van der Waals surface area contributed by atoms with E-state index in [0.29, 0.717) is 6.04 Å². The van der Waals surface area contributed by atoms with Crippen molar-refractivity contribution >= 4 is 11.8 Å². The van der Waals surface area contributed by atoms with Gasteiger partial charge in [-0.25, -0.2) is 0 Å². The second-order valence-electron chi connectivity index (χ2n) is 4.39. The molecule has 0 aliphatic heterocycles. The normalized spacial score (nSPS) is 12.6. The molecule has 1 heterocycles. The fourth-order valence-electron chi connectivity index (χ4n) is 1.73. The molecule has 4 heteroatoms. The van der Waals surface area contributed by atoms with Crippen LogP contribution in [0, 0.1) is 0 Å². The summed E-state index contributed by atoms with van der Waals surface area (Å²) < 4.78 is 1.84. The topological polar surface area (TPSA) is 29.9 Å². The van der Waals surface area contributed by atoms with Crippen molar-refractivity contribution in [2.75, 3.05) is 7.05 Å². The Morgan fingerprint density at radius 2 is 2.06 bits per heavy atom. The average Bonchev–Trinajstić information content (AvgIpc) is 2.82. The van der Waals surface area contributed by atoms with E-state index in [0.717, 1.165) is 5.75 Å². The standard InChI is InChI=1S/C14H19N3S/c1-11(15-2)13-4-6-14(7-5-13)18-10-12-8-16-17(3)9-12/h4-9,11,15H,10H2,1-3H3. The third kappa shape index (κ3) is 3.37. The van der Waals surface area contributed by atoms with E-state index >= 15 is 0 Å². The van der Waals surface area contributed by atoms with Crippen molar-refractivity contribution in [3.63, 3.8) is 0 Å². The molecule has 18 heavy (non-hydrogen) atoms. The summed E-state index contributed by atoms with van der Waals surface area (Å²) in [5, 5.41) is 7.42. The van der Waals surface area contributed by atoms with Crippen molar-refractivity contribution in [3.05, 3.63) is 47.8 Å². The van der Waals surface area contributed by atoms with Crippen molar-refractivity contribution in [1.82, 2.24) is 15.1 Å². The first-order valence-electron chi connectivity index (χ1n) is 6.06. The molecule has 0 radical (unpaired) electrons. The highest BCUT2D eigenvalue weighted by molar-refractivity contribution is 7.98. The van der Waals surface area contributed by atoms with Gasteiger partial charge in [0.1, 0.15) is 0 Å². The minimum absolute atomic E-state index is 0.405. The molecule has 1 atom stereocenters. The molecule has 0 spiro atoms. The predicted octanol–water partition coefficient (Wildman–Crippen LogP) is 2.99. The van der Waals surface area contributed by atoms with Crippen LogP contribution in [-0.4, -0.2) is 16.8 Å². The molecule has 1 N–H and O–H groups in total. The molecule has 96 valence electrons. The van der Waals surface area contributed by atoms with Crippen molar-refractivity contribution in [2.24, 2.45) is 7.05 Å². The van der Waals surface area contributed by atoms with Gasteiger partial charge in [0.15, 0.2) is 0 Å². The quantitative estimate of drug-likeness (QED) is 0.839. The van der Waals surface area contributed by atoms with E-state index in [1.807, 2.05) is 36.7 Å². The smallest absolute Gasteiger partial charge is 0.0530 e. The number of rotatable bonds is 5. The van der Waals surface area contributed by atoms with Crippen molar-refractivity contribution in [1.29, 1.82) is 0 Å². The highest BCUT2D eigenvalue weighted by Crippen LogP contribution is 2.24. The predicted molar refractivity (Wildman–Crippen MR) is 76.7 cm³/mol. The van der Waals surface area contributed by atoms with Crippen LogP contribution in [-0.2, 0) is 12.8 Å².